The fourth-order valence-corrected chi connectivity index (χ4v) is 2.59. The minimum absolute atomic E-state index is 0.0869. The quantitative estimate of drug-likeness (QED) is 0.695. The Bertz CT molecular complexity index is 667. The van der Waals surface area contributed by atoms with Gasteiger partial charge in [0.2, 0.25) is 0 Å². The first kappa shape index (κ1) is 14.5. The lowest BCUT2D eigenvalue weighted by Crippen LogP contribution is -2.32. The number of aryl methyl sites for hydroxylation is 1. The Labute approximate surface area is 130 Å². The van der Waals surface area contributed by atoms with Gasteiger partial charge in [-0.3, -0.25) is 9.69 Å². The summed E-state index contributed by atoms with van der Waals surface area (Å²) in [5.74, 6) is -0.0869. The molecule has 4 heteroatoms. The van der Waals surface area contributed by atoms with E-state index >= 15 is 0 Å². The second-order valence-electron chi connectivity index (χ2n) is 5.62. The molecule has 3 rings (SSSR count). The third-order valence-corrected chi connectivity index (χ3v) is 3.75. The Kier molecular flexibility index (Phi) is 4.30. The molecule has 1 aliphatic heterocycles. The smallest absolute Gasteiger partial charge is 0.254 e. The van der Waals surface area contributed by atoms with E-state index in [9.17, 15) is 4.79 Å². The van der Waals surface area contributed by atoms with Gasteiger partial charge in [-0.1, -0.05) is 54.1 Å². The Morgan fingerprint density at radius 2 is 1.77 bits per heavy atom. The second kappa shape index (κ2) is 6.54. The standard InChI is InChI=1S/C18H19N3O/c1-14-6-8-15(9-7-14)10-19-20-18(22)13-21-11-16-4-2-3-5-17(16)12-21/h2-10H,11-13H2,1H3,(H,20,22)/b19-10-. The molecule has 22 heavy (non-hydrogen) atoms. The van der Waals surface area contributed by atoms with E-state index in [4.69, 9.17) is 0 Å². The first-order valence-corrected chi connectivity index (χ1v) is 7.38. The maximum atomic E-state index is 11.9. The summed E-state index contributed by atoms with van der Waals surface area (Å²) in [6, 6.07) is 16.3. The largest absolute Gasteiger partial charge is 0.286 e. The van der Waals surface area contributed by atoms with Crippen LogP contribution in [0.25, 0.3) is 0 Å². The predicted octanol–water partition coefficient (Wildman–Crippen LogP) is 2.46. The number of benzene rings is 2. The Morgan fingerprint density at radius 3 is 2.41 bits per heavy atom. The van der Waals surface area contributed by atoms with Crippen LogP contribution in [0.15, 0.2) is 53.6 Å². The van der Waals surface area contributed by atoms with Crippen LogP contribution >= 0.6 is 0 Å². The first-order valence-electron chi connectivity index (χ1n) is 7.38. The molecule has 112 valence electrons. The van der Waals surface area contributed by atoms with Gasteiger partial charge in [-0.15, -0.1) is 0 Å². The minimum atomic E-state index is -0.0869. The number of hydrogen-bond acceptors (Lipinski definition) is 3. The maximum absolute atomic E-state index is 11.9. The Balaban J connectivity index is 1.48. The monoisotopic (exact) mass is 293 g/mol. The molecule has 1 N–H and O–H groups in total. The van der Waals surface area contributed by atoms with Crippen LogP contribution in [0.2, 0.25) is 0 Å². The predicted molar refractivity (Wildman–Crippen MR) is 87.5 cm³/mol. The number of carbonyl (C=O) groups excluding carboxylic acids is 1. The van der Waals surface area contributed by atoms with Gasteiger partial charge in [0.05, 0.1) is 12.8 Å². The van der Waals surface area contributed by atoms with Crippen LogP contribution in [0.1, 0.15) is 22.3 Å². The highest BCUT2D eigenvalue weighted by molar-refractivity contribution is 5.83. The van der Waals surface area contributed by atoms with E-state index in [0.717, 1.165) is 18.7 Å². The fourth-order valence-electron chi connectivity index (χ4n) is 2.59. The van der Waals surface area contributed by atoms with Crippen molar-refractivity contribution < 1.29 is 4.79 Å². The van der Waals surface area contributed by atoms with Crippen molar-refractivity contribution in [3.05, 3.63) is 70.8 Å². The van der Waals surface area contributed by atoms with Gasteiger partial charge in [0, 0.05) is 13.1 Å². The molecule has 0 spiro atoms. The summed E-state index contributed by atoms with van der Waals surface area (Å²) < 4.78 is 0. The first-order chi connectivity index (χ1) is 10.7. The lowest BCUT2D eigenvalue weighted by molar-refractivity contribution is -0.122. The van der Waals surface area contributed by atoms with Crippen molar-refractivity contribution in [1.82, 2.24) is 10.3 Å². The fraction of sp³-hybridized carbons (Fsp3) is 0.222. The van der Waals surface area contributed by atoms with Gasteiger partial charge in [-0.05, 0) is 23.6 Å². The molecule has 0 atom stereocenters. The molecule has 0 bridgehead atoms. The summed E-state index contributed by atoms with van der Waals surface area (Å²) in [5, 5.41) is 4.01. The molecule has 0 saturated carbocycles. The number of rotatable bonds is 4. The lowest BCUT2D eigenvalue weighted by atomic mass is 10.1. The van der Waals surface area contributed by atoms with Crippen LogP contribution in [-0.4, -0.2) is 23.6 Å². The number of nitrogens with one attached hydrogen (secondary N) is 1. The summed E-state index contributed by atoms with van der Waals surface area (Å²) in [6.45, 7) is 4.05. The average molecular weight is 293 g/mol. The molecule has 0 radical (unpaired) electrons. The third-order valence-electron chi connectivity index (χ3n) is 3.75. The van der Waals surface area contributed by atoms with Gasteiger partial charge in [-0.25, -0.2) is 5.43 Å². The highest BCUT2D eigenvalue weighted by atomic mass is 16.2. The van der Waals surface area contributed by atoms with Gasteiger partial charge in [0.25, 0.3) is 5.91 Å². The van der Waals surface area contributed by atoms with E-state index in [-0.39, 0.29) is 5.91 Å². The maximum Gasteiger partial charge on any atom is 0.254 e. The highest BCUT2D eigenvalue weighted by Crippen LogP contribution is 2.21. The van der Waals surface area contributed by atoms with Gasteiger partial charge in [0.15, 0.2) is 0 Å². The van der Waals surface area contributed by atoms with Crippen LogP contribution in [0.3, 0.4) is 0 Å². The second-order valence-corrected chi connectivity index (χ2v) is 5.62. The summed E-state index contributed by atoms with van der Waals surface area (Å²) >= 11 is 0. The number of hydrogen-bond donors (Lipinski definition) is 1. The van der Waals surface area contributed by atoms with Crippen molar-refractivity contribution in [2.24, 2.45) is 5.10 Å². The highest BCUT2D eigenvalue weighted by Gasteiger charge is 2.19. The van der Waals surface area contributed by atoms with Crippen LogP contribution in [-0.2, 0) is 17.9 Å². The molecule has 1 amide bonds. The topological polar surface area (TPSA) is 44.7 Å². The van der Waals surface area contributed by atoms with Crippen LogP contribution in [0.5, 0.6) is 0 Å². The third kappa shape index (κ3) is 3.59. The molecule has 0 fully saturated rings. The van der Waals surface area contributed by atoms with Crippen LogP contribution in [0, 0.1) is 6.92 Å². The molecule has 0 aromatic heterocycles. The van der Waals surface area contributed by atoms with Crippen molar-refractivity contribution in [2.45, 2.75) is 20.0 Å². The van der Waals surface area contributed by atoms with Crippen LogP contribution in [0.4, 0.5) is 0 Å². The molecule has 0 saturated heterocycles. The van der Waals surface area contributed by atoms with Crippen molar-refractivity contribution in [2.75, 3.05) is 6.54 Å². The number of fused-ring (bicyclic) bond motifs is 1. The zero-order chi connectivity index (χ0) is 15.4. The summed E-state index contributed by atoms with van der Waals surface area (Å²) in [7, 11) is 0. The van der Waals surface area contributed by atoms with E-state index in [1.807, 2.05) is 43.3 Å². The van der Waals surface area contributed by atoms with E-state index < -0.39 is 0 Å². The van der Waals surface area contributed by atoms with Crippen molar-refractivity contribution in [3.63, 3.8) is 0 Å². The molecule has 1 aliphatic rings. The molecule has 2 aromatic rings. The zero-order valence-electron chi connectivity index (χ0n) is 12.6. The van der Waals surface area contributed by atoms with Gasteiger partial charge in [0.1, 0.15) is 0 Å². The van der Waals surface area contributed by atoms with Crippen LogP contribution < -0.4 is 5.43 Å². The normalized spacial score (nSPS) is 14.2. The summed E-state index contributed by atoms with van der Waals surface area (Å²) in [6.07, 6.45) is 1.66. The summed E-state index contributed by atoms with van der Waals surface area (Å²) in [4.78, 5) is 14.0. The lowest BCUT2D eigenvalue weighted by Gasteiger charge is -2.12. The van der Waals surface area contributed by atoms with Gasteiger partial charge >= 0.3 is 0 Å². The Hall–Kier alpha value is -2.46. The minimum Gasteiger partial charge on any atom is -0.286 e. The van der Waals surface area contributed by atoms with Gasteiger partial charge < -0.3 is 0 Å². The Morgan fingerprint density at radius 1 is 1.14 bits per heavy atom. The molecule has 1 heterocycles. The molecule has 4 nitrogen and oxygen atoms in total. The molecular formula is C18H19N3O. The number of nitrogens with zero attached hydrogens (tertiary/aromatic N) is 2. The SMILES string of the molecule is Cc1ccc(/C=N\NC(=O)CN2Cc3ccccc3C2)cc1. The average Bonchev–Trinajstić information content (AvgIpc) is 2.91. The van der Waals surface area contributed by atoms with E-state index in [0.29, 0.717) is 6.54 Å². The van der Waals surface area contributed by atoms with Crippen molar-refractivity contribution in [1.29, 1.82) is 0 Å². The van der Waals surface area contributed by atoms with Crippen molar-refractivity contribution in [3.8, 4) is 0 Å². The number of carbonyl (C=O) groups is 1. The summed E-state index contributed by atoms with van der Waals surface area (Å²) in [5.41, 5.74) is 7.37. The van der Waals surface area contributed by atoms with Crippen molar-refractivity contribution >= 4 is 12.1 Å². The van der Waals surface area contributed by atoms with E-state index in [1.165, 1.54) is 16.7 Å². The molecule has 2 aromatic carbocycles. The molecular weight excluding hydrogens is 274 g/mol. The van der Waals surface area contributed by atoms with Gasteiger partial charge in [-0.2, -0.15) is 5.10 Å². The number of amides is 1. The molecule has 0 aliphatic carbocycles. The zero-order valence-corrected chi connectivity index (χ0v) is 12.6. The van der Waals surface area contributed by atoms with E-state index in [1.54, 1.807) is 6.21 Å². The molecule has 0 unspecified atom stereocenters. The van der Waals surface area contributed by atoms with E-state index in [2.05, 4.69) is 27.6 Å². The number of hydrazone groups is 1.